The van der Waals surface area contributed by atoms with Crippen LogP contribution in [0.4, 0.5) is 13.2 Å². The SMILES string of the molecule is NNC(Cc1ccc(Br)s1)c1ccc(Br)c(C(F)(F)F)c1. The van der Waals surface area contributed by atoms with Gasteiger partial charge in [0.2, 0.25) is 0 Å². The number of halogens is 5. The van der Waals surface area contributed by atoms with Gasteiger partial charge in [-0.15, -0.1) is 11.3 Å². The Kier molecular flexibility index (Phi) is 5.48. The van der Waals surface area contributed by atoms with Gasteiger partial charge in [-0.3, -0.25) is 11.3 Å². The highest BCUT2D eigenvalue weighted by Gasteiger charge is 2.33. The molecular weight excluding hydrogens is 433 g/mol. The summed E-state index contributed by atoms with van der Waals surface area (Å²) in [6.45, 7) is 0. The second-order valence-corrected chi connectivity index (χ2v) is 7.77. The minimum absolute atomic E-state index is 0.0217. The fraction of sp³-hybridized carbons (Fsp3) is 0.231. The van der Waals surface area contributed by atoms with Crippen LogP contribution in [0.2, 0.25) is 0 Å². The number of hydrazine groups is 1. The Morgan fingerprint density at radius 3 is 2.43 bits per heavy atom. The number of nitrogens with one attached hydrogen (secondary N) is 1. The summed E-state index contributed by atoms with van der Waals surface area (Å²) in [6, 6.07) is 7.58. The van der Waals surface area contributed by atoms with Crippen LogP contribution < -0.4 is 11.3 Å². The summed E-state index contributed by atoms with van der Waals surface area (Å²) in [4.78, 5) is 1.03. The van der Waals surface area contributed by atoms with Gasteiger partial charge in [-0.2, -0.15) is 13.2 Å². The van der Waals surface area contributed by atoms with Crippen molar-refractivity contribution in [1.82, 2.24) is 5.43 Å². The van der Waals surface area contributed by atoms with E-state index in [2.05, 4.69) is 37.3 Å². The third-order valence-corrected chi connectivity index (χ3v) is 5.27. The highest BCUT2D eigenvalue weighted by atomic mass is 79.9. The normalized spacial score (nSPS) is 13.4. The first-order valence-corrected chi connectivity index (χ1v) is 8.28. The molecule has 0 bridgehead atoms. The number of benzene rings is 1. The Hall–Kier alpha value is -0.410. The van der Waals surface area contributed by atoms with Crippen molar-refractivity contribution in [1.29, 1.82) is 0 Å². The molecule has 0 aliphatic heterocycles. The molecule has 1 atom stereocenters. The molecule has 0 radical (unpaired) electrons. The number of rotatable bonds is 4. The Bertz CT molecular complexity index is 628. The first kappa shape index (κ1) is 17.0. The molecule has 3 N–H and O–H groups in total. The predicted octanol–water partition coefficient (Wildman–Crippen LogP) is 5.04. The van der Waals surface area contributed by atoms with E-state index in [0.29, 0.717) is 12.0 Å². The van der Waals surface area contributed by atoms with Crippen LogP contribution in [0.5, 0.6) is 0 Å². The minimum Gasteiger partial charge on any atom is -0.271 e. The molecule has 0 saturated carbocycles. The summed E-state index contributed by atoms with van der Waals surface area (Å²) in [5.41, 5.74) is 2.38. The molecule has 1 unspecified atom stereocenters. The summed E-state index contributed by atoms with van der Waals surface area (Å²) in [6.07, 6.45) is -3.88. The molecule has 114 valence electrons. The lowest BCUT2D eigenvalue weighted by Gasteiger charge is -2.18. The zero-order valence-electron chi connectivity index (χ0n) is 10.5. The Labute approximate surface area is 140 Å². The summed E-state index contributed by atoms with van der Waals surface area (Å²) in [7, 11) is 0. The lowest BCUT2D eigenvalue weighted by atomic mass is 10.0. The number of hydrogen-bond donors (Lipinski definition) is 2. The molecule has 0 aliphatic rings. The van der Waals surface area contributed by atoms with Gasteiger partial charge in [0.25, 0.3) is 0 Å². The van der Waals surface area contributed by atoms with Crippen LogP contribution in [0.3, 0.4) is 0 Å². The largest absolute Gasteiger partial charge is 0.417 e. The van der Waals surface area contributed by atoms with Crippen LogP contribution >= 0.6 is 43.2 Å². The van der Waals surface area contributed by atoms with Crippen LogP contribution in [0.15, 0.2) is 38.6 Å². The van der Waals surface area contributed by atoms with Gasteiger partial charge in [0.1, 0.15) is 0 Å². The van der Waals surface area contributed by atoms with Crippen molar-refractivity contribution in [3.05, 3.63) is 54.6 Å². The van der Waals surface area contributed by atoms with Crippen molar-refractivity contribution in [2.75, 3.05) is 0 Å². The number of alkyl halides is 3. The molecule has 2 aromatic rings. The van der Waals surface area contributed by atoms with Crippen molar-refractivity contribution in [3.8, 4) is 0 Å². The quantitative estimate of drug-likeness (QED) is 0.513. The standard InChI is InChI=1S/C13H11Br2F3N2S/c14-10-3-1-7(5-9(10)13(16,17)18)11(20-19)6-8-2-4-12(15)21-8/h1-5,11,20H,6,19H2. The second-order valence-electron chi connectivity index (χ2n) is 4.37. The van der Waals surface area contributed by atoms with Gasteiger partial charge in [0, 0.05) is 15.8 Å². The molecule has 2 nitrogen and oxygen atoms in total. The molecule has 1 heterocycles. The van der Waals surface area contributed by atoms with Gasteiger partial charge >= 0.3 is 6.18 Å². The summed E-state index contributed by atoms with van der Waals surface area (Å²) < 4.78 is 39.8. The van der Waals surface area contributed by atoms with Crippen molar-refractivity contribution in [2.45, 2.75) is 18.6 Å². The first-order chi connectivity index (χ1) is 9.81. The molecule has 0 saturated heterocycles. The van der Waals surface area contributed by atoms with Crippen LogP contribution in [0.25, 0.3) is 0 Å². The first-order valence-electron chi connectivity index (χ1n) is 5.88. The third-order valence-electron chi connectivity index (χ3n) is 2.93. The fourth-order valence-corrected chi connectivity index (χ4v) is 3.91. The van der Waals surface area contributed by atoms with Crippen molar-refractivity contribution >= 4 is 43.2 Å². The predicted molar refractivity (Wildman–Crippen MR) is 84.9 cm³/mol. The summed E-state index contributed by atoms with van der Waals surface area (Å²) in [5.74, 6) is 5.51. The summed E-state index contributed by atoms with van der Waals surface area (Å²) >= 11 is 7.82. The lowest BCUT2D eigenvalue weighted by molar-refractivity contribution is -0.138. The molecule has 0 aliphatic carbocycles. The zero-order valence-corrected chi connectivity index (χ0v) is 14.5. The molecule has 2 rings (SSSR count). The van der Waals surface area contributed by atoms with Crippen LogP contribution in [0.1, 0.15) is 22.0 Å². The van der Waals surface area contributed by atoms with Crippen molar-refractivity contribution in [2.24, 2.45) is 5.84 Å². The molecule has 8 heteroatoms. The maximum absolute atomic E-state index is 12.9. The Morgan fingerprint density at radius 1 is 1.19 bits per heavy atom. The molecule has 0 fully saturated rings. The topological polar surface area (TPSA) is 38.0 Å². The molecule has 1 aromatic heterocycles. The van der Waals surface area contributed by atoms with Gasteiger partial charge < -0.3 is 0 Å². The van der Waals surface area contributed by atoms with Crippen molar-refractivity contribution < 1.29 is 13.2 Å². The van der Waals surface area contributed by atoms with E-state index in [-0.39, 0.29) is 10.5 Å². The average Bonchev–Trinajstić information content (AvgIpc) is 2.81. The molecule has 0 amide bonds. The maximum Gasteiger partial charge on any atom is 0.417 e. The molecule has 1 aromatic carbocycles. The highest BCUT2D eigenvalue weighted by molar-refractivity contribution is 9.11. The van der Waals surface area contributed by atoms with E-state index in [9.17, 15) is 13.2 Å². The van der Waals surface area contributed by atoms with E-state index in [1.807, 2.05) is 12.1 Å². The maximum atomic E-state index is 12.9. The van der Waals surface area contributed by atoms with E-state index in [4.69, 9.17) is 5.84 Å². The van der Waals surface area contributed by atoms with Crippen LogP contribution in [0, 0.1) is 0 Å². The Balaban J connectivity index is 2.30. The van der Waals surface area contributed by atoms with Crippen LogP contribution in [-0.2, 0) is 12.6 Å². The van der Waals surface area contributed by atoms with Crippen molar-refractivity contribution in [3.63, 3.8) is 0 Å². The molecule has 21 heavy (non-hydrogen) atoms. The monoisotopic (exact) mass is 442 g/mol. The van der Waals surface area contributed by atoms with E-state index in [0.717, 1.165) is 14.7 Å². The highest BCUT2D eigenvalue weighted by Crippen LogP contribution is 2.37. The van der Waals surface area contributed by atoms with E-state index in [1.54, 1.807) is 6.07 Å². The smallest absolute Gasteiger partial charge is 0.271 e. The lowest BCUT2D eigenvalue weighted by Crippen LogP contribution is -2.29. The average molecular weight is 444 g/mol. The van der Waals surface area contributed by atoms with Gasteiger partial charge in [0.05, 0.1) is 15.4 Å². The summed E-state index contributed by atoms with van der Waals surface area (Å²) in [5, 5.41) is 0. The van der Waals surface area contributed by atoms with E-state index < -0.39 is 11.7 Å². The molecular formula is C13H11Br2F3N2S. The molecule has 0 spiro atoms. The fourth-order valence-electron chi connectivity index (χ4n) is 1.91. The number of thiophene rings is 1. The third kappa shape index (κ3) is 4.29. The number of nitrogens with two attached hydrogens (primary N) is 1. The van der Waals surface area contributed by atoms with E-state index in [1.165, 1.54) is 17.4 Å². The van der Waals surface area contributed by atoms with Gasteiger partial charge in [0.15, 0.2) is 0 Å². The van der Waals surface area contributed by atoms with Gasteiger partial charge in [-0.1, -0.05) is 22.0 Å². The Morgan fingerprint density at radius 2 is 1.90 bits per heavy atom. The van der Waals surface area contributed by atoms with Gasteiger partial charge in [-0.25, -0.2) is 0 Å². The number of hydrogen-bond acceptors (Lipinski definition) is 3. The zero-order chi connectivity index (χ0) is 15.6. The second kappa shape index (κ2) is 6.78. The van der Waals surface area contributed by atoms with Gasteiger partial charge in [-0.05, 0) is 45.8 Å². The minimum atomic E-state index is -4.40. The van der Waals surface area contributed by atoms with Crippen LogP contribution in [-0.4, -0.2) is 0 Å². The van der Waals surface area contributed by atoms with E-state index >= 15 is 0 Å².